The molecular formula is C20H29ClIN5O2. The van der Waals surface area contributed by atoms with Crippen LogP contribution < -0.4 is 10.6 Å². The quantitative estimate of drug-likeness (QED) is 0.224. The van der Waals surface area contributed by atoms with Gasteiger partial charge in [-0.1, -0.05) is 23.7 Å². The molecule has 1 aromatic carbocycles. The Labute approximate surface area is 194 Å². The van der Waals surface area contributed by atoms with Crippen molar-refractivity contribution >= 4 is 41.5 Å². The van der Waals surface area contributed by atoms with Crippen molar-refractivity contribution < 1.29 is 9.47 Å². The van der Waals surface area contributed by atoms with Gasteiger partial charge in [-0.2, -0.15) is 5.10 Å². The number of nitrogens with one attached hydrogen (secondary N) is 2. The van der Waals surface area contributed by atoms with E-state index in [0.29, 0.717) is 26.3 Å². The number of rotatable bonds is 9. The van der Waals surface area contributed by atoms with Crippen LogP contribution in [0.15, 0.2) is 47.7 Å². The molecule has 29 heavy (non-hydrogen) atoms. The Kier molecular flexibility index (Phi) is 10.8. The molecule has 2 aromatic rings. The van der Waals surface area contributed by atoms with Gasteiger partial charge in [0, 0.05) is 44.2 Å². The number of hydrogen-bond acceptors (Lipinski definition) is 4. The van der Waals surface area contributed by atoms with E-state index in [-0.39, 0.29) is 36.1 Å². The Morgan fingerprint density at radius 3 is 2.86 bits per heavy atom. The molecule has 9 heteroatoms. The number of ether oxygens (including phenoxy) is 2. The largest absolute Gasteiger partial charge is 0.377 e. The Hall–Kier alpha value is -1.36. The van der Waals surface area contributed by atoms with Crippen LogP contribution in [0.25, 0.3) is 0 Å². The van der Waals surface area contributed by atoms with Gasteiger partial charge in [0.25, 0.3) is 0 Å². The maximum Gasteiger partial charge on any atom is 0.191 e. The zero-order valence-electron chi connectivity index (χ0n) is 16.6. The Balaban J connectivity index is 0.00000300. The summed E-state index contributed by atoms with van der Waals surface area (Å²) in [7, 11) is 1.76. The first kappa shape index (κ1) is 23.9. The predicted octanol–water partition coefficient (Wildman–Crippen LogP) is 3.10. The van der Waals surface area contributed by atoms with Crippen LogP contribution >= 0.6 is 35.6 Å². The Morgan fingerprint density at radius 2 is 2.21 bits per heavy atom. The van der Waals surface area contributed by atoms with E-state index in [1.165, 1.54) is 0 Å². The summed E-state index contributed by atoms with van der Waals surface area (Å²) >= 11 is 6.03. The van der Waals surface area contributed by atoms with Crippen molar-refractivity contribution in [1.29, 1.82) is 0 Å². The van der Waals surface area contributed by atoms with Gasteiger partial charge in [0.2, 0.25) is 0 Å². The van der Waals surface area contributed by atoms with Crippen LogP contribution in [0.2, 0.25) is 5.02 Å². The van der Waals surface area contributed by atoms with Crippen molar-refractivity contribution in [3.05, 3.63) is 53.3 Å². The molecule has 0 aliphatic carbocycles. The first-order valence-corrected chi connectivity index (χ1v) is 10.0. The highest BCUT2D eigenvalue weighted by molar-refractivity contribution is 14.0. The standard InChI is InChI=1S/C20H28ClN5O2.HI/c1-22-20(23-10-13-27-15-18-4-2-12-28-18)24-14-19(26-11-3-9-25-26)16-5-7-17(21)8-6-16;/h3,5-9,11,18-19H,2,4,10,12-15H2,1H3,(H2,22,23,24);1H. The summed E-state index contributed by atoms with van der Waals surface area (Å²) in [5.41, 5.74) is 1.12. The molecule has 2 unspecified atom stereocenters. The van der Waals surface area contributed by atoms with E-state index in [9.17, 15) is 0 Å². The third-order valence-corrected chi connectivity index (χ3v) is 4.90. The van der Waals surface area contributed by atoms with Crippen molar-refractivity contribution in [2.24, 2.45) is 4.99 Å². The number of aromatic nitrogens is 2. The summed E-state index contributed by atoms with van der Waals surface area (Å²) in [6.45, 7) is 3.44. The number of halogens is 2. The highest BCUT2D eigenvalue weighted by atomic mass is 127. The molecule has 0 amide bonds. The summed E-state index contributed by atoms with van der Waals surface area (Å²) in [4.78, 5) is 4.29. The van der Waals surface area contributed by atoms with Crippen LogP contribution in [0, 0.1) is 0 Å². The SMILES string of the molecule is CN=C(NCCOCC1CCCO1)NCC(c1ccc(Cl)cc1)n1cccn1.I. The average molecular weight is 534 g/mol. The predicted molar refractivity (Wildman–Crippen MR) is 126 cm³/mol. The van der Waals surface area contributed by atoms with Gasteiger partial charge in [0.1, 0.15) is 0 Å². The normalized spacial score (nSPS) is 17.6. The van der Waals surface area contributed by atoms with Crippen LogP contribution in [0.3, 0.4) is 0 Å². The van der Waals surface area contributed by atoms with Crippen molar-refractivity contribution in [2.75, 3.05) is 40.0 Å². The monoisotopic (exact) mass is 533 g/mol. The summed E-state index contributed by atoms with van der Waals surface area (Å²) in [5, 5.41) is 11.8. The molecule has 0 spiro atoms. The minimum Gasteiger partial charge on any atom is -0.377 e. The lowest BCUT2D eigenvalue weighted by molar-refractivity contribution is 0.0191. The molecule has 1 aliphatic heterocycles. The second-order valence-corrected chi connectivity index (χ2v) is 7.08. The van der Waals surface area contributed by atoms with E-state index in [4.69, 9.17) is 21.1 Å². The molecule has 2 heterocycles. The highest BCUT2D eigenvalue weighted by Gasteiger charge is 2.16. The van der Waals surface area contributed by atoms with Gasteiger partial charge in [-0.15, -0.1) is 24.0 Å². The number of nitrogens with zero attached hydrogens (tertiary/aromatic N) is 3. The summed E-state index contributed by atoms with van der Waals surface area (Å²) in [5.74, 6) is 0.729. The van der Waals surface area contributed by atoms with E-state index in [2.05, 4.69) is 20.7 Å². The van der Waals surface area contributed by atoms with Gasteiger partial charge >= 0.3 is 0 Å². The third-order valence-electron chi connectivity index (χ3n) is 4.65. The minimum atomic E-state index is 0. The second-order valence-electron chi connectivity index (χ2n) is 6.64. The van der Waals surface area contributed by atoms with Crippen LogP contribution in [0.5, 0.6) is 0 Å². The second kappa shape index (κ2) is 13.0. The van der Waals surface area contributed by atoms with E-state index in [1.807, 2.05) is 41.2 Å². The molecule has 0 saturated carbocycles. The van der Waals surface area contributed by atoms with Gasteiger partial charge in [-0.3, -0.25) is 9.67 Å². The van der Waals surface area contributed by atoms with Gasteiger partial charge in [0.15, 0.2) is 5.96 Å². The number of aliphatic imine (C=N–C) groups is 1. The first-order chi connectivity index (χ1) is 13.8. The van der Waals surface area contributed by atoms with Crippen molar-refractivity contribution in [1.82, 2.24) is 20.4 Å². The molecule has 1 fully saturated rings. The maximum atomic E-state index is 6.03. The molecule has 7 nitrogen and oxygen atoms in total. The molecule has 0 radical (unpaired) electrons. The van der Waals surface area contributed by atoms with Gasteiger partial charge in [0.05, 0.1) is 25.4 Å². The molecular weight excluding hydrogens is 505 g/mol. The summed E-state index contributed by atoms with van der Waals surface area (Å²) in [6, 6.07) is 9.78. The topological polar surface area (TPSA) is 72.7 Å². The molecule has 1 aliphatic rings. The molecule has 2 atom stereocenters. The fourth-order valence-electron chi connectivity index (χ4n) is 3.16. The van der Waals surface area contributed by atoms with Gasteiger partial charge < -0.3 is 20.1 Å². The number of benzene rings is 1. The summed E-state index contributed by atoms with van der Waals surface area (Å²) in [6.07, 6.45) is 6.22. The van der Waals surface area contributed by atoms with E-state index in [0.717, 1.165) is 36.0 Å². The minimum absolute atomic E-state index is 0. The lowest BCUT2D eigenvalue weighted by Gasteiger charge is -2.21. The van der Waals surface area contributed by atoms with Crippen molar-refractivity contribution in [3.8, 4) is 0 Å². The van der Waals surface area contributed by atoms with Crippen molar-refractivity contribution in [2.45, 2.75) is 25.0 Å². The zero-order valence-corrected chi connectivity index (χ0v) is 19.7. The maximum absolute atomic E-state index is 6.03. The smallest absolute Gasteiger partial charge is 0.191 e. The average Bonchev–Trinajstić information content (AvgIpc) is 3.42. The molecule has 0 bridgehead atoms. The van der Waals surface area contributed by atoms with Gasteiger partial charge in [-0.25, -0.2) is 0 Å². The zero-order chi connectivity index (χ0) is 19.6. The summed E-state index contributed by atoms with van der Waals surface area (Å²) < 4.78 is 13.2. The van der Waals surface area contributed by atoms with Crippen LogP contribution in [0.4, 0.5) is 0 Å². The lowest BCUT2D eigenvalue weighted by atomic mass is 10.1. The molecule has 2 N–H and O–H groups in total. The number of guanidine groups is 1. The molecule has 3 rings (SSSR count). The Bertz CT molecular complexity index is 721. The molecule has 1 aromatic heterocycles. The van der Waals surface area contributed by atoms with Crippen molar-refractivity contribution in [3.63, 3.8) is 0 Å². The molecule has 1 saturated heterocycles. The van der Waals surface area contributed by atoms with E-state index in [1.54, 1.807) is 13.2 Å². The van der Waals surface area contributed by atoms with Crippen LogP contribution in [0.1, 0.15) is 24.4 Å². The lowest BCUT2D eigenvalue weighted by Crippen LogP contribution is -2.41. The highest BCUT2D eigenvalue weighted by Crippen LogP contribution is 2.19. The van der Waals surface area contributed by atoms with E-state index < -0.39 is 0 Å². The Morgan fingerprint density at radius 1 is 1.38 bits per heavy atom. The fourth-order valence-corrected chi connectivity index (χ4v) is 3.29. The van der Waals surface area contributed by atoms with Gasteiger partial charge in [-0.05, 0) is 36.6 Å². The molecule has 160 valence electrons. The first-order valence-electron chi connectivity index (χ1n) is 9.64. The van der Waals surface area contributed by atoms with Crippen LogP contribution in [-0.2, 0) is 9.47 Å². The number of hydrogen-bond donors (Lipinski definition) is 2. The van der Waals surface area contributed by atoms with E-state index >= 15 is 0 Å². The fraction of sp³-hybridized carbons (Fsp3) is 0.500. The third kappa shape index (κ3) is 7.76. The van der Waals surface area contributed by atoms with Crippen LogP contribution in [-0.4, -0.2) is 61.8 Å².